The van der Waals surface area contributed by atoms with E-state index in [1.165, 1.54) is 6.07 Å². The normalized spacial score (nSPS) is 10.4. The summed E-state index contributed by atoms with van der Waals surface area (Å²) in [7, 11) is 0. The summed E-state index contributed by atoms with van der Waals surface area (Å²) in [4.78, 5) is 13.7. The first-order valence-corrected chi connectivity index (χ1v) is 4.67. The molecule has 0 aliphatic heterocycles. The topological polar surface area (TPSA) is 114 Å². The lowest BCUT2D eigenvalue weighted by Gasteiger charge is -2.10. The largest absolute Gasteiger partial charge is 0.504 e. The van der Waals surface area contributed by atoms with Crippen molar-refractivity contribution in [3.63, 3.8) is 0 Å². The quantitative estimate of drug-likeness (QED) is 0.506. The number of rotatable bonds is 2. The number of aromatic carboxylic acids is 1. The van der Waals surface area contributed by atoms with Crippen molar-refractivity contribution in [2.45, 2.75) is 0 Å². The van der Waals surface area contributed by atoms with Gasteiger partial charge in [0.1, 0.15) is 0 Å². The highest BCUT2D eigenvalue weighted by atomic mass is 16.4. The molecule has 0 aliphatic rings. The highest BCUT2D eigenvalue weighted by Crippen LogP contribution is 2.44. The van der Waals surface area contributed by atoms with E-state index in [1.54, 1.807) is 12.3 Å². The van der Waals surface area contributed by atoms with Gasteiger partial charge in [0.05, 0.1) is 16.8 Å². The average molecular weight is 235 g/mol. The number of carboxylic acids is 1. The van der Waals surface area contributed by atoms with Gasteiger partial charge in [-0.2, -0.15) is 0 Å². The van der Waals surface area contributed by atoms with E-state index in [1.807, 2.05) is 0 Å². The number of H-pyrrole nitrogens is 1. The molecule has 0 radical (unpaired) electrons. The van der Waals surface area contributed by atoms with Crippen LogP contribution in [-0.2, 0) is 0 Å². The van der Waals surface area contributed by atoms with E-state index in [0.717, 1.165) is 6.07 Å². The Morgan fingerprint density at radius 3 is 2.41 bits per heavy atom. The highest BCUT2D eigenvalue weighted by molar-refractivity contribution is 5.99. The van der Waals surface area contributed by atoms with Gasteiger partial charge < -0.3 is 25.4 Å². The second-order valence-electron chi connectivity index (χ2n) is 3.40. The van der Waals surface area contributed by atoms with Gasteiger partial charge in [-0.25, -0.2) is 4.79 Å². The van der Waals surface area contributed by atoms with Crippen LogP contribution in [0.1, 0.15) is 10.4 Å². The number of carbonyl (C=O) groups is 1. The number of phenols is 3. The van der Waals surface area contributed by atoms with Crippen LogP contribution in [0.2, 0.25) is 0 Å². The molecule has 17 heavy (non-hydrogen) atoms. The Bertz CT molecular complexity index is 574. The van der Waals surface area contributed by atoms with Crippen LogP contribution in [0.5, 0.6) is 17.2 Å². The van der Waals surface area contributed by atoms with Gasteiger partial charge in [-0.1, -0.05) is 0 Å². The zero-order valence-electron chi connectivity index (χ0n) is 8.51. The Kier molecular flexibility index (Phi) is 2.40. The van der Waals surface area contributed by atoms with Gasteiger partial charge in [-0.3, -0.25) is 0 Å². The van der Waals surface area contributed by atoms with Gasteiger partial charge in [-0.05, 0) is 18.2 Å². The number of hydrogen-bond donors (Lipinski definition) is 5. The molecule has 1 aromatic heterocycles. The number of aromatic nitrogens is 1. The number of aromatic hydroxyl groups is 3. The van der Waals surface area contributed by atoms with Crippen molar-refractivity contribution >= 4 is 5.97 Å². The number of carboxylic acid groups (broad SMARTS) is 1. The SMILES string of the molecule is O=C(O)c1cc(O)c(O)c(O)c1-c1ccc[nH]1. The van der Waals surface area contributed by atoms with Gasteiger partial charge >= 0.3 is 5.97 Å². The van der Waals surface area contributed by atoms with Gasteiger partial charge in [0.2, 0.25) is 5.75 Å². The van der Waals surface area contributed by atoms with Crippen molar-refractivity contribution in [2.24, 2.45) is 0 Å². The molecule has 6 nitrogen and oxygen atoms in total. The van der Waals surface area contributed by atoms with Crippen LogP contribution in [0.4, 0.5) is 0 Å². The maximum absolute atomic E-state index is 11.0. The van der Waals surface area contributed by atoms with E-state index in [2.05, 4.69) is 4.98 Å². The molecule has 0 atom stereocenters. The third-order valence-electron chi connectivity index (χ3n) is 2.35. The molecule has 1 aromatic carbocycles. The van der Waals surface area contributed by atoms with E-state index in [4.69, 9.17) is 5.11 Å². The molecule has 5 N–H and O–H groups in total. The number of hydrogen-bond acceptors (Lipinski definition) is 4. The molecule has 0 saturated carbocycles. The third-order valence-corrected chi connectivity index (χ3v) is 2.35. The molecule has 0 amide bonds. The summed E-state index contributed by atoms with van der Waals surface area (Å²) < 4.78 is 0. The van der Waals surface area contributed by atoms with Crippen LogP contribution in [0.15, 0.2) is 24.4 Å². The van der Waals surface area contributed by atoms with Crippen LogP contribution in [0.25, 0.3) is 11.3 Å². The van der Waals surface area contributed by atoms with Crippen molar-refractivity contribution < 1.29 is 25.2 Å². The number of phenolic OH excluding ortho intramolecular Hbond substituents is 3. The Labute approximate surface area is 95.4 Å². The summed E-state index contributed by atoms with van der Waals surface area (Å²) in [6.45, 7) is 0. The minimum absolute atomic E-state index is 0.0715. The van der Waals surface area contributed by atoms with E-state index < -0.39 is 23.2 Å². The molecule has 0 unspecified atom stereocenters. The number of aromatic amines is 1. The van der Waals surface area contributed by atoms with Crippen molar-refractivity contribution in [3.8, 4) is 28.5 Å². The van der Waals surface area contributed by atoms with Crippen molar-refractivity contribution in [2.75, 3.05) is 0 Å². The second kappa shape index (κ2) is 3.75. The summed E-state index contributed by atoms with van der Waals surface area (Å²) in [5.41, 5.74) is -0.0479. The average Bonchev–Trinajstić information content (AvgIpc) is 2.78. The first-order valence-electron chi connectivity index (χ1n) is 4.67. The van der Waals surface area contributed by atoms with Crippen LogP contribution >= 0.6 is 0 Å². The van der Waals surface area contributed by atoms with E-state index in [0.29, 0.717) is 5.69 Å². The molecule has 2 aromatic rings. The van der Waals surface area contributed by atoms with Gasteiger partial charge in [-0.15, -0.1) is 0 Å². The molecule has 6 heteroatoms. The first-order chi connectivity index (χ1) is 8.02. The Hall–Kier alpha value is -2.63. The maximum Gasteiger partial charge on any atom is 0.336 e. The van der Waals surface area contributed by atoms with Crippen LogP contribution in [-0.4, -0.2) is 31.4 Å². The summed E-state index contributed by atoms with van der Waals surface area (Å²) >= 11 is 0. The Balaban J connectivity index is 2.80. The summed E-state index contributed by atoms with van der Waals surface area (Å²) in [6, 6.07) is 4.04. The maximum atomic E-state index is 11.0. The molecule has 0 spiro atoms. The molecule has 2 rings (SSSR count). The lowest BCUT2D eigenvalue weighted by Crippen LogP contribution is -2.00. The summed E-state index contributed by atoms with van der Waals surface area (Å²) in [5, 5.41) is 37.3. The van der Waals surface area contributed by atoms with Crippen LogP contribution in [0, 0.1) is 0 Å². The lowest BCUT2D eigenvalue weighted by atomic mass is 10.0. The minimum Gasteiger partial charge on any atom is -0.504 e. The smallest absolute Gasteiger partial charge is 0.336 e. The third kappa shape index (κ3) is 1.65. The molecule has 0 fully saturated rings. The summed E-state index contributed by atoms with van der Waals surface area (Å²) in [6.07, 6.45) is 1.55. The van der Waals surface area contributed by atoms with Crippen LogP contribution in [0.3, 0.4) is 0 Å². The molecule has 0 aliphatic carbocycles. The molecule has 0 bridgehead atoms. The van der Waals surface area contributed by atoms with Gasteiger partial charge in [0, 0.05) is 6.20 Å². The molecular formula is C11H9NO5. The second-order valence-corrected chi connectivity index (χ2v) is 3.40. The summed E-state index contributed by atoms with van der Waals surface area (Å²) in [5.74, 6) is -3.43. The molecule has 1 heterocycles. The Morgan fingerprint density at radius 2 is 1.88 bits per heavy atom. The van der Waals surface area contributed by atoms with Crippen molar-refractivity contribution in [3.05, 3.63) is 30.0 Å². The zero-order chi connectivity index (χ0) is 12.6. The molecule has 88 valence electrons. The lowest BCUT2D eigenvalue weighted by molar-refractivity contribution is 0.0696. The monoisotopic (exact) mass is 235 g/mol. The van der Waals surface area contributed by atoms with E-state index in [9.17, 15) is 20.1 Å². The number of nitrogens with one attached hydrogen (secondary N) is 1. The van der Waals surface area contributed by atoms with E-state index >= 15 is 0 Å². The fraction of sp³-hybridized carbons (Fsp3) is 0. The highest BCUT2D eigenvalue weighted by Gasteiger charge is 2.22. The Morgan fingerprint density at radius 1 is 1.18 bits per heavy atom. The molecule has 0 saturated heterocycles. The fourth-order valence-corrected chi connectivity index (χ4v) is 1.57. The fourth-order valence-electron chi connectivity index (χ4n) is 1.57. The number of benzene rings is 1. The minimum atomic E-state index is -1.32. The molecular weight excluding hydrogens is 226 g/mol. The van der Waals surface area contributed by atoms with E-state index in [-0.39, 0.29) is 11.1 Å². The van der Waals surface area contributed by atoms with Crippen LogP contribution < -0.4 is 0 Å². The van der Waals surface area contributed by atoms with Gasteiger partial charge in [0.15, 0.2) is 11.5 Å². The van der Waals surface area contributed by atoms with Gasteiger partial charge in [0.25, 0.3) is 0 Å². The van der Waals surface area contributed by atoms with Crippen molar-refractivity contribution in [1.29, 1.82) is 0 Å². The standard InChI is InChI=1S/C11H9NO5/c13-7-4-5(11(16)17)8(10(15)9(7)14)6-2-1-3-12-6/h1-4,12-15H,(H,16,17). The predicted octanol–water partition coefficient (Wildman–Crippen LogP) is 1.50. The first kappa shape index (κ1) is 10.9. The predicted molar refractivity (Wildman–Crippen MR) is 58.2 cm³/mol. The van der Waals surface area contributed by atoms with Crippen molar-refractivity contribution in [1.82, 2.24) is 4.98 Å². The zero-order valence-corrected chi connectivity index (χ0v) is 8.51.